The maximum atomic E-state index is 13.5. The van der Waals surface area contributed by atoms with E-state index in [0.717, 1.165) is 6.07 Å². The Morgan fingerprint density at radius 2 is 2.11 bits per heavy atom. The lowest BCUT2D eigenvalue weighted by Gasteiger charge is -2.18. The van der Waals surface area contributed by atoms with Gasteiger partial charge in [0.25, 0.3) is 5.91 Å². The van der Waals surface area contributed by atoms with E-state index >= 15 is 0 Å². The van der Waals surface area contributed by atoms with Crippen LogP contribution in [0.1, 0.15) is 19.4 Å². The number of likely N-dealkylation sites (N-methyl/N-ethyl adjacent to an activating group) is 1. The molecule has 0 atom stereocenters. The molecule has 18 heavy (non-hydrogen) atoms. The summed E-state index contributed by atoms with van der Waals surface area (Å²) >= 11 is 0. The van der Waals surface area contributed by atoms with E-state index in [4.69, 9.17) is 10.00 Å². The van der Waals surface area contributed by atoms with Crippen LogP contribution in [0.5, 0.6) is 5.75 Å². The van der Waals surface area contributed by atoms with E-state index in [-0.39, 0.29) is 23.8 Å². The van der Waals surface area contributed by atoms with Crippen molar-refractivity contribution in [3.05, 3.63) is 29.6 Å². The number of carbonyl (C=O) groups excluding carboxylic acids is 1. The maximum absolute atomic E-state index is 13.5. The molecule has 4 nitrogen and oxygen atoms in total. The Bertz CT molecular complexity index is 465. The molecule has 96 valence electrons. The first-order valence-electron chi connectivity index (χ1n) is 5.72. The van der Waals surface area contributed by atoms with Gasteiger partial charge in [0.05, 0.1) is 11.6 Å². The smallest absolute Gasteiger partial charge is 0.260 e. The number of hydrogen-bond donors (Lipinski definition) is 0. The zero-order valence-electron chi connectivity index (χ0n) is 10.4. The van der Waals surface area contributed by atoms with Gasteiger partial charge in [0, 0.05) is 13.1 Å². The van der Waals surface area contributed by atoms with Crippen molar-refractivity contribution in [3.8, 4) is 11.8 Å². The first-order valence-corrected chi connectivity index (χ1v) is 5.72. The summed E-state index contributed by atoms with van der Waals surface area (Å²) in [5.41, 5.74) is 0.218. The second-order valence-corrected chi connectivity index (χ2v) is 3.61. The average Bonchev–Trinajstić information content (AvgIpc) is 2.38. The molecule has 5 heteroatoms. The fourth-order valence-electron chi connectivity index (χ4n) is 1.49. The molecular formula is C13H15FN2O2. The van der Waals surface area contributed by atoms with Crippen molar-refractivity contribution < 1.29 is 13.9 Å². The van der Waals surface area contributed by atoms with Crippen molar-refractivity contribution in [2.75, 3.05) is 19.7 Å². The van der Waals surface area contributed by atoms with Gasteiger partial charge >= 0.3 is 0 Å². The topological polar surface area (TPSA) is 53.3 Å². The van der Waals surface area contributed by atoms with Crippen molar-refractivity contribution >= 4 is 5.91 Å². The summed E-state index contributed by atoms with van der Waals surface area (Å²) < 4.78 is 18.6. The van der Waals surface area contributed by atoms with E-state index in [0.29, 0.717) is 13.1 Å². The largest absolute Gasteiger partial charge is 0.481 e. The van der Waals surface area contributed by atoms with Crippen LogP contribution in [0.25, 0.3) is 0 Å². The van der Waals surface area contributed by atoms with Crippen LogP contribution < -0.4 is 4.74 Å². The van der Waals surface area contributed by atoms with Gasteiger partial charge < -0.3 is 9.64 Å². The molecule has 0 aliphatic rings. The number of nitriles is 1. The van der Waals surface area contributed by atoms with Gasteiger partial charge in [0.15, 0.2) is 18.2 Å². The molecule has 0 aliphatic carbocycles. The Hall–Kier alpha value is -2.09. The molecule has 0 aromatic heterocycles. The number of hydrogen-bond acceptors (Lipinski definition) is 3. The van der Waals surface area contributed by atoms with E-state index in [2.05, 4.69) is 0 Å². The molecule has 0 fully saturated rings. The normalized spacial score (nSPS) is 9.67. The van der Waals surface area contributed by atoms with Crippen LogP contribution in [0.4, 0.5) is 4.39 Å². The zero-order chi connectivity index (χ0) is 13.5. The molecular weight excluding hydrogens is 235 g/mol. The third-order valence-corrected chi connectivity index (χ3v) is 2.53. The molecule has 0 unspecified atom stereocenters. The minimum absolute atomic E-state index is 0.0190. The van der Waals surface area contributed by atoms with Crippen molar-refractivity contribution in [1.29, 1.82) is 5.26 Å². The summed E-state index contributed by atoms with van der Waals surface area (Å²) in [7, 11) is 0. The first kappa shape index (κ1) is 14.0. The molecule has 0 N–H and O–H groups in total. The van der Waals surface area contributed by atoms with E-state index < -0.39 is 5.82 Å². The Kier molecular flexibility index (Phi) is 5.12. The third kappa shape index (κ3) is 3.45. The Balaban J connectivity index is 2.64. The standard InChI is InChI=1S/C13H15FN2O2/c1-3-16(4-2)13(17)9-18-12-6-5-10(8-15)7-11(12)14/h5-7H,3-4,9H2,1-2H3. The number of halogens is 1. The highest BCUT2D eigenvalue weighted by Gasteiger charge is 2.12. The minimum atomic E-state index is -0.638. The molecule has 0 saturated heterocycles. The summed E-state index contributed by atoms with van der Waals surface area (Å²) in [6.07, 6.45) is 0. The Morgan fingerprint density at radius 3 is 2.61 bits per heavy atom. The lowest BCUT2D eigenvalue weighted by Crippen LogP contribution is -2.34. The lowest BCUT2D eigenvalue weighted by atomic mass is 10.2. The number of amides is 1. The molecule has 0 bridgehead atoms. The van der Waals surface area contributed by atoms with Crippen molar-refractivity contribution in [3.63, 3.8) is 0 Å². The summed E-state index contributed by atoms with van der Waals surface area (Å²) in [6, 6.07) is 5.70. The van der Waals surface area contributed by atoms with Gasteiger partial charge in [-0.05, 0) is 32.0 Å². The fourth-order valence-corrected chi connectivity index (χ4v) is 1.49. The second kappa shape index (κ2) is 6.60. The van der Waals surface area contributed by atoms with E-state index in [1.807, 2.05) is 19.9 Å². The third-order valence-electron chi connectivity index (χ3n) is 2.53. The van der Waals surface area contributed by atoms with Gasteiger partial charge in [-0.25, -0.2) is 4.39 Å². The molecule has 0 aliphatic heterocycles. The predicted molar refractivity (Wildman–Crippen MR) is 64.5 cm³/mol. The summed E-state index contributed by atoms with van der Waals surface area (Å²) in [6.45, 7) is 4.71. The summed E-state index contributed by atoms with van der Waals surface area (Å²) in [5, 5.41) is 8.59. The maximum Gasteiger partial charge on any atom is 0.260 e. The van der Waals surface area contributed by atoms with Crippen LogP contribution in [0.15, 0.2) is 18.2 Å². The highest BCUT2D eigenvalue weighted by Crippen LogP contribution is 2.17. The number of ether oxygens (including phenoxy) is 1. The fraction of sp³-hybridized carbons (Fsp3) is 0.385. The zero-order valence-corrected chi connectivity index (χ0v) is 10.4. The van der Waals surface area contributed by atoms with E-state index in [9.17, 15) is 9.18 Å². The van der Waals surface area contributed by atoms with Crippen molar-refractivity contribution in [2.24, 2.45) is 0 Å². The van der Waals surface area contributed by atoms with Crippen LogP contribution in [-0.2, 0) is 4.79 Å². The summed E-state index contributed by atoms with van der Waals surface area (Å²) in [5.74, 6) is -0.848. The summed E-state index contributed by atoms with van der Waals surface area (Å²) in [4.78, 5) is 13.2. The molecule has 0 radical (unpaired) electrons. The number of carbonyl (C=O) groups is 1. The molecule has 0 saturated carbocycles. The van der Waals surface area contributed by atoms with Gasteiger partial charge in [-0.15, -0.1) is 0 Å². The van der Waals surface area contributed by atoms with Gasteiger partial charge in [-0.1, -0.05) is 0 Å². The quantitative estimate of drug-likeness (QED) is 0.802. The minimum Gasteiger partial charge on any atom is -0.481 e. The van der Waals surface area contributed by atoms with Crippen LogP contribution >= 0.6 is 0 Å². The molecule has 1 aromatic rings. The highest BCUT2D eigenvalue weighted by atomic mass is 19.1. The molecule has 0 heterocycles. The van der Waals surface area contributed by atoms with Crippen LogP contribution in [-0.4, -0.2) is 30.5 Å². The Labute approximate surface area is 106 Å². The average molecular weight is 250 g/mol. The molecule has 1 rings (SSSR count). The predicted octanol–water partition coefficient (Wildman–Crippen LogP) is 1.94. The second-order valence-electron chi connectivity index (χ2n) is 3.61. The Morgan fingerprint density at radius 1 is 1.44 bits per heavy atom. The van der Waals surface area contributed by atoms with Crippen LogP contribution in [0, 0.1) is 17.1 Å². The number of nitrogens with zero attached hydrogens (tertiary/aromatic N) is 2. The van der Waals surface area contributed by atoms with E-state index in [1.165, 1.54) is 12.1 Å². The molecule has 0 spiro atoms. The van der Waals surface area contributed by atoms with Gasteiger partial charge in [-0.2, -0.15) is 5.26 Å². The van der Waals surface area contributed by atoms with Gasteiger partial charge in [-0.3, -0.25) is 4.79 Å². The number of benzene rings is 1. The van der Waals surface area contributed by atoms with Gasteiger partial charge in [0.1, 0.15) is 0 Å². The van der Waals surface area contributed by atoms with Crippen molar-refractivity contribution in [1.82, 2.24) is 4.90 Å². The SMILES string of the molecule is CCN(CC)C(=O)COc1ccc(C#N)cc1F. The monoisotopic (exact) mass is 250 g/mol. The van der Waals surface area contributed by atoms with Gasteiger partial charge in [0.2, 0.25) is 0 Å². The molecule has 1 aromatic carbocycles. The van der Waals surface area contributed by atoms with Crippen molar-refractivity contribution in [2.45, 2.75) is 13.8 Å². The molecule has 1 amide bonds. The van der Waals surface area contributed by atoms with Crippen LogP contribution in [0.2, 0.25) is 0 Å². The number of rotatable bonds is 5. The van der Waals surface area contributed by atoms with Crippen LogP contribution in [0.3, 0.4) is 0 Å². The lowest BCUT2D eigenvalue weighted by molar-refractivity contribution is -0.133. The van der Waals surface area contributed by atoms with E-state index in [1.54, 1.807) is 4.90 Å². The highest BCUT2D eigenvalue weighted by molar-refractivity contribution is 5.77. The first-order chi connectivity index (χ1) is 8.62.